The lowest BCUT2D eigenvalue weighted by atomic mass is 10.0. The Kier molecular flexibility index (Phi) is 6.01. The number of amides is 1. The molecule has 1 rings (SSSR count). The van der Waals surface area contributed by atoms with Crippen LogP contribution >= 0.6 is 11.8 Å². The van der Waals surface area contributed by atoms with Crippen molar-refractivity contribution in [3.63, 3.8) is 0 Å². The standard InChI is InChI=1S/C14H18FNO3S/c1-8(2)6-11(14(18)19)16-13(17)9-4-5-10(15)12(7-9)20-3/h4-5,7-8,11H,6H2,1-3H3,(H,16,17)(H,18,19)/t11-/m0/s1. The number of thioether (sulfide) groups is 1. The number of rotatable bonds is 6. The van der Waals surface area contributed by atoms with Gasteiger partial charge in [-0.25, -0.2) is 9.18 Å². The Labute approximate surface area is 121 Å². The average molecular weight is 299 g/mol. The van der Waals surface area contributed by atoms with Gasteiger partial charge < -0.3 is 10.4 Å². The molecule has 0 aliphatic rings. The van der Waals surface area contributed by atoms with Crippen molar-refractivity contribution < 1.29 is 19.1 Å². The molecule has 0 unspecified atom stereocenters. The number of carbonyl (C=O) groups excluding carboxylic acids is 1. The number of nitrogens with one attached hydrogen (secondary N) is 1. The van der Waals surface area contributed by atoms with E-state index in [1.165, 1.54) is 30.0 Å². The summed E-state index contributed by atoms with van der Waals surface area (Å²) in [5.41, 5.74) is 0.255. The molecular weight excluding hydrogens is 281 g/mol. The molecule has 0 saturated carbocycles. The van der Waals surface area contributed by atoms with Crippen LogP contribution in [0.25, 0.3) is 0 Å². The van der Waals surface area contributed by atoms with Crippen molar-refractivity contribution in [1.82, 2.24) is 5.32 Å². The first kappa shape index (κ1) is 16.5. The minimum absolute atomic E-state index is 0.145. The Hall–Kier alpha value is -1.56. The van der Waals surface area contributed by atoms with Crippen LogP contribution in [-0.4, -0.2) is 29.3 Å². The van der Waals surface area contributed by atoms with Crippen molar-refractivity contribution in [2.45, 2.75) is 31.2 Å². The molecule has 0 bridgehead atoms. The largest absolute Gasteiger partial charge is 0.480 e. The predicted octanol–water partition coefficient (Wildman–Crippen LogP) is 2.78. The zero-order valence-corrected chi connectivity index (χ0v) is 12.5. The molecule has 0 spiro atoms. The summed E-state index contributed by atoms with van der Waals surface area (Å²) in [6.45, 7) is 3.76. The Balaban J connectivity index is 2.86. The van der Waals surface area contributed by atoms with Crippen molar-refractivity contribution >= 4 is 23.6 Å². The second kappa shape index (κ2) is 7.28. The Bertz CT molecular complexity index is 505. The lowest BCUT2D eigenvalue weighted by Gasteiger charge is -2.16. The first-order valence-corrected chi connectivity index (χ1v) is 7.44. The van der Waals surface area contributed by atoms with Gasteiger partial charge in [-0.15, -0.1) is 11.8 Å². The normalized spacial score (nSPS) is 12.2. The second-order valence-electron chi connectivity index (χ2n) is 4.84. The predicted molar refractivity (Wildman–Crippen MR) is 76.5 cm³/mol. The Morgan fingerprint density at radius 2 is 2.05 bits per heavy atom. The lowest BCUT2D eigenvalue weighted by molar-refractivity contribution is -0.139. The molecular formula is C14H18FNO3S. The van der Waals surface area contributed by atoms with Crippen LogP contribution in [0.2, 0.25) is 0 Å². The second-order valence-corrected chi connectivity index (χ2v) is 5.69. The van der Waals surface area contributed by atoms with Crippen LogP contribution in [-0.2, 0) is 4.79 Å². The molecule has 0 radical (unpaired) electrons. The molecule has 0 aromatic heterocycles. The molecule has 6 heteroatoms. The van der Waals surface area contributed by atoms with E-state index in [4.69, 9.17) is 5.11 Å². The van der Waals surface area contributed by atoms with Crippen molar-refractivity contribution in [2.24, 2.45) is 5.92 Å². The summed E-state index contributed by atoms with van der Waals surface area (Å²) in [5.74, 6) is -1.83. The molecule has 1 atom stereocenters. The Morgan fingerprint density at radius 3 is 2.55 bits per heavy atom. The summed E-state index contributed by atoms with van der Waals surface area (Å²) in [4.78, 5) is 23.5. The van der Waals surface area contributed by atoms with Crippen molar-refractivity contribution in [3.05, 3.63) is 29.6 Å². The van der Waals surface area contributed by atoms with Crippen LogP contribution < -0.4 is 5.32 Å². The van der Waals surface area contributed by atoms with E-state index in [2.05, 4.69) is 5.32 Å². The van der Waals surface area contributed by atoms with Gasteiger partial charge in [0.25, 0.3) is 5.91 Å². The smallest absolute Gasteiger partial charge is 0.326 e. The van der Waals surface area contributed by atoms with Gasteiger partial charge in [0.15, 0.2) is 0 Å². The van der Waals surface area contributed by atoms with Crippen molar-refractivity contribution in [3.8, 4) is 0 Å². The molecule has 2 N–H and O–H groups in total. The van der Waals surface area contributed by atoms with Crippen molar-refractivity contribution in [2.75, 3.05) is 6.26 Å². The van der Waals surface area contributed by atoms with Gasteiger partial charge in [0.05, 0.1) is 0 Å². The van der Waals surface area contributed by atoms with Gasteiger partial charge in [-0.3, -0.25) is 4.79 Å². The highest BCUT2D eigenvalue weighted by atomic mass is 32.2. The van der Waals surface area contributed by atoms with E-state index in [9.17, 15) is 14.0 Å². The fraction of sp³-hybridized carbons (Fsp3) is 0.429. The average Bonchev–Trinajstić information content (AvgIpc) is 2.37. The van der Waals surface area contributed by atoms with Crippen LogP contribution in [0.3, 0.4) is 0 Å². The monoisotopic (exact) mass is 299 g/mol. The lowest BCUT2D eigenvalue weighted by Crippen LogP contribution is -2.41. The number of carboxylic acids is 1. The van der Waals surface area contributed by atoms with Crippen LogP contribution in [0.15, 0.2) is 23.1 Å². The van der Waals surface area contributed by atoms with E-state index >= 15 is 0 Å². The Morgan fingerprint density at radius 1 is 1.40 bits per heavy atom. The fourth-order valence-corrected chi connectivity index (χ4v) is 2.24. The van der Waals surface area contributed by atoms with Gasteiger partial charge in [-0.1, -0.05) is 13.8 Å². The molecule has 0 heterocycles. The van der Waals surface area contributed by atoms with E-state index in [1.54, 1.807) is 6.26 Å². The maximum absolute atomic E-state index is 13.3. The third-order valence-corrected chi connectivity index (χ3v) is 3.48. The van der Waals surface area contributed by atoms with Gasteiger partial charge in [-0.05, 0) is 36.8 Å². The van der Waals surface area contributed by atoms with Crippen LogP contribution in [0, 0.1) is 11.7 Å². The van der Waals surface area contributed by atoms with Gasteiger partial charge in [0, 0.05) is 10.5 Å². The quantitative estimate of drug-likeness (QED) is 0.793. The summed E-state index contributed by atoms with van der Waals surface area (Å²) in [7, 11) is 0. The van der Waals surface area contributed by atoms with E-state index in [0.717, 1.165) is 0 Å². The summed E-state index contributed by atoms with van der Waals surface area (Å²) in [5, 5.41) is 11.5. The number of hydrogen-bond donors (Lipinski definition) is 2. The highest BCUT2D eigenvalue weighted by molar-refractivity contribution is 7.98. The SMILES string of the molecule is CSc1cc(C(=O)N[C@@H](CC(C)C)C(=O)O)ccc1F. The highest BCUT2D eigenvalue weighted by Crippen LogP contribution is 2.20. The zero-order valence-electron chi connectivity index (χ0n) is 11.6. The highest BCUT2D eigenvalue weighted by Gasteiger charge is 2.22. The number of halogens is 1. The number of carbonyl (C=O) groups is 2. The summed E-state index contributed by atoms with van der Waals surface area (Å²) in [6, 6.07) is 3.03. The van der Waals surface area contributed by atoms with Gasteiger partial charge in [0.2, 0.25) is 0 Å². The van der Waals surface area contributed by atoms with Gasteiger partial charge >= 0.3 is 5.97 Å². The van der Waals surface area contributed by atoms with Crippen LogP contribution in [0.5, 0.6) is 0 Å². The summed E-state index contributed by atoms with van der Waals surface area (Å²) < 4.78 is 13.3. The maximum atomic E-state index is 13.3. The minimum Gasteiger partial charge on any atom is -0.480 e. The molecule has 110 valence electrons. The maximum Gasteiger partial charge on any atom is 0.326 e. The van der Waals surface area contributed by atoms with Gasteiger partial charge in [-0.2, -0.15) is 0 Å². The summed E-state index contributed by atoms with van der Waals surface area (Å²) >= 11 is 1.19. The molecule has 0 aliphatic carbocycles. The molecule has 1 aromatic carbocycles. The molecule has 1 amide bonds. The van der Waals surface area contributed by atoms with Gasteiger partial charge in [0.1, 0.15) is 11.9 Å². The number of aliphatic carboxylic acids is 1. The first-order valence-electron chi connectivity index (χ1n) is 6.22. The third-order valence-electron chi connectivity index (χ3n) is 2.72. The van der Waals surface area contributed by atoms with E-state index < -0.39 is 23.7 Å². The van der Waals surface area contributed by atoms with Crippen LogP contribution in [0.4, 0.5) is 4.39 Å². The topological polar surface area (TPSA) is 66.4 Å². The molecule has 0 aliphatic heterocycles. The molecule has 0 saturated heterocycles. The molecule has 4 nitrogen and oxygen atoms in total. The molecule has 1 aromatic rings. The first-order chi connectivity index (χ1) is 9.35. The van der Waals surface area contributed by atoms with E-state index in [-0.39, 0.29) is 11.5 Å². The molecule has 0 fully saturated rings. The molecule has 20 heavy (non-hydrogen) atoms. The number of hydrogen-bond acceptors (Lipinski definition) is 3. The number of carboxylic acid groups (broad SMARTS) is 1. The van der Waals surface area contributed by atoms with E-state index in [1.807, 2.05) is 13.8 Å². The minimum atomic E-state index is -1.07. The summed E-state index contributed by atoms with van der Waals surface area (Å²) in [6.07, 6.45) is 2.05. The van der Waals surface area contributed by atoms with E-state index in [0.29, 0.717) is 11.3 Å². The number of benzene rings is 1. The van der Waals surface area contributed by atoms with Crippen LogP contribution in [0.1, 0.15) is 30.6 Å². The third kappa shape index (κ3) is 4.52. The zero-order chi connectivity index (χ0) is 15.3. The fourth-order valence-electron chi connectivity index (χ4n) is 1.74. The van der Waals surface area contributed by atoms with Crippen molar-refractivity contribution in [1.29, 1.82) is 0 Å².